The number of carbonyl (C=O) groups is 2. The molecule has 9 heteroatoms. The molecule has 0 radical (unpaired) electrons. The van der Waals surface area contributed by atoms with Crippen LogP contribution in [0.5, 0.6) is 5.75 Å². The molecule has 0 bridgehead atoms. The Balaban J connectivity index is 1.96. The number of benzene rings is 1. The van der Waals surface area contributed by atoms with E-state index in [2.05, 4.69) is 10.3 Å². The number of pyridine rings is 1. The average Bonchev–Trinajstić information content (AvgIpc) is 2.62. The summed E-state index contributed by atoms with van der Waals surface area (Å²) >= 11 is 0. The summed E-state index contributed by atoms with van der Waals surface area (Å²) in [7, 11) is 1.15. The number of piperazine rings is 1. The quantitative estimate of drug-likeness (QED) is 0.890. The molecule has 3 rings (SSSR count). The third-order valence-corrected chi connectivity index (χ3v) is 4.20. The van der Waals surface area contributed by atoms with E-state index in [-0.39, 0.29) is 30.7 Å². The van der Waals surface area contributed by atoms with Crippen LogP contribution in [-0.4, -0.2) is 37.0 Å². The topological polar surface area (TPSA) is 71.5 Å². The molecular formula is C18H16F3N3O3. The number of nitrogens with zero attached hydrogens (tertiary/aromatic N) is 2. The summed E-state index contributed by atoms with van der Waals surface area (Å²) in [5.41, 5.74) is 1.24. The molecule has 0 atom stereocenters. The van der Waals surface area contributed by atoms with E-state index in [4.69, 9.17) is 4.74 Å². The largest absolute Gasteiger partial charge is 0.494 e. The maximum Gasteiger partial charge on any atom is 0.437 e. The lowest BCUT2D eigenvalue weighted by Crippen LogP contribution is -2.51. The molecule has 1 fully saturated rings. The van der Waals surface area contributed by atoms with E-state index < -0.39 is 11.9 Å². The number of alkyl halides is 3. The summed E-state index contributed by atoms with van der Waals surface area (Å²) in [4.78, 5) is 28.5. The molecule has 0 saturated carbocycles. The standard InChI is InChI=1S/C18H16F3N3O3/c1-10-5-11(3-4-13(10)24-9-15(25)22-8-16(24)26)12-6-14(27-2)17(23-7-12)18(19,20)21/h3-7H,8-9H2,1-2H3,(H,22,25). The zero-order chi connectivity index (χ0) is 19.8. The molecule has 1 aromatic carbocycles. The van der Waals surface area contributed by atoms with Gasteiger partial charge in [-0.15, -0.1) is 0 Å². The third-order valence-electron chi connectivity index (χ3n) is 4.20. The van der Waals surface area contributed by atoms with E-state index in [1.54, 1.807) is 25.1 Å². The molecule has 1 aromatic heterocycles. The summed E-state index contributed by atoms with van der Waals surface area (Å²) in [5.74, 6) is -0.859. The second-order valence-electron chi connectivity index (χ2n) is 6.03. The number of methoxy groups -OCH3 is 1. The number of hydrogen-bond donors (Lipinski definition) is 1. The minimum atomic E-state index is -4.61. The minimum absolute atomic E-state index is 0.0694. The number of carbonyl (C=O) groups excluding carboxylic acids is 2. The summed E-state index contributed by atoms with van der Waals surface area (Å²) in [6.07, 6.45) is -3.49. The molecule has 2 aromatic rings. The van der Waals surface area contributed by atoms with Crippen LogP contribution in [0, 0.1) is 6.92 Å². The normalized spacial score (nSPS) is 14.9. The molecule has 1 aliphatic heterocycles. The van der Waals surface area contributed by atoms with Gasteiger partial charge >= 0.3 is 6.18 Å². The molecule has 2 heterocycles. The lowest BCUT2D eigenvalue weighted by molar-refractivity contribution is -0.142. The number of anilines is 1. The van der Waals surface area contributed by atoms with Gasteiger partial charge in [-0.3, -0.25) is 9.59 Å². The first-order valence-corrected chi connectivity index (χ1v) is 8.00. The number of amides is 2. The van der Waals surface area contributed by atoms with Gasteiger partial charge in [-0.1, -0.05) is 6.07 Å². The monoisotopic (exact) mass is 379 g/mol. The Morgan fingerprint density at radius 1 is 1.19 bits per heavy atom. The van der Waals surface area contributed by atoms with Crippen molar-refractivity contribution in [2.24, 2.45) is 0 Å². The van der Waals surface area contributed by atoms with Gasteiger partial charge in [0, 0.05) is 17.4 Å². The van der Waals surface area contributed by atoms with Crippen LogP contribution >= 0.6 is 0 Å². The molecule has 0 unspecified atom stereocenters. The molecule has 2 amide bonds. The second kappa shape index (κ2) is 6.90. The maximum atomic E-state index is 12.9. The van der Waals surface area contributed by atoms with E-state index in [1.165, 1.54) is 11.0 Å². The van der Waals surface area contributed by atoms with Crippen LogP contribution in [-0.2, 0) is 15.8 Å². The highest BCUT2D eigenvalue weighted by Gasteiger charge is 2.36. The summed E-state index contributed by atoms with van der Waals surface area (Å²) in [6, 6.07) is 6.31. The highest BCUT2D eigenvalue weighted by Crippen LogP contribution is 2.37. The van der Waals surface area contributed by atoms with Gasteiger partial charge in [0.15, 0.2) is 5.69 Å². The number of ether oxygens (including phenoxy) is 1. The van der Waals surface area contributed by atoms with Crippen molar-refractivity contribution in [3.05, 3.63) is 41.7 Å². The fourth-order valence-electron chi connectivity index (χ4n) is 2.89. The van der Waals surface area contributed by atoms with Crippen molar-refractivity contribution < 1.29 is 27.5 Å². The number of aryl methyl sites for hydroxylation is 1. The Morgan fingerprint density at radius 3 is 2.56 bits per heavy atom. The first kappa shape index (κ1) is 18.7. The van der Waals surface area contributed by atoms with E-state index in [1.807, 2.05) is 0 Å². The van der Waals surface area contributed by atoms with Crippen LogP contribution in [0.1, 0.15) is 11.3 Å². The first-order valence-electron chi connectivity index (χ1n) is 8.00. The predicted molar refractivity (Wildman–Crippen MR) is 91.3 cm³/mol. The molecule has 6 nitrogen and oxygen atoms in total. The smallest absolute Gasteiger partial charge is 0.437 e. The zero-order valence-corrected chi connectivity index (χ0v) is 14.6. The number of rotatable bonds is 3. The van der Waals surface area contributed by atoms with E-state index >= 15 is 0 Å². The van der Waals surface area contributed by atoms with Crippen molar-refractivity contribution in [3.8, 4) is 16.9 Å². The van der Waals surface area contributed by atoms with E-state index in [0.29, 0.717) is 22.4 Å². The maximum absolute atomic E-state index is 12.9. The number of halogens is 3. The van der Waals surface area contributed by atoms with Crippen molar-refractivity contribution in [2.45, 2.75) is 13.1 Å². The molecule has 0 spiro atoms. The van der Waals surface area contributed by atoms with Gasteiger partial charge in [0.1, 0.15) is 12.3 Å². The fourth-order valence-corrected chi connectivity index (χ4v) is 2.89. The van der Waals surface area contributed by atoms with Gasteiger partial charge in [0.25, 0.3) is 0 Å². The zero-order valence-electron chi connectivity index (χ0n) is 14.6. The van der Waals surface area contributed by atoms with Gasteiger partial charge in [-0.2, -0.15) is 13.2 Å². The summed E-state index contributed by atoms with van der Waals surface area (Å²) in [5, 5.41) is 2.47. The Kier molecular flexibility index (Phi) is 4.77. The fraction of sp³-hybridized carbons (Fsp3) is 0.278. The van der Waals surface area contributed by atoms with Gasteiger partial charge in [-0.25, -0.2) is 4.98 Å². The highest BCUT2D eigenvalue weighted by molar-refractivity contribution is 6.05. The molecule has 27 heavy (non-hydrogen) atoms. The van der Waals surface area contributed by atoms with Crippen LogP contribution in [0.2, 0.25) is 0 Å². The van der Waals surface area contributed by atoms with Crippen LogP contribution < -0.4 is 15.0 Å². The average molecular weight is 379 g/mol. The van der Waals surface area contributed by atoms with Crippen molar-refractivity contribution in [3.63, 3.8) is 0 Å². The second-order valence-corrected chi connectivity index (χ2v) is 6.03. The Bertz CT molecular complexity index is 912. The molecule has 1 N–H and O–H groups in total. The van der Waals surface area contributed by atoms with Crippen molar-refractivity contribution in [1.82, 2.24) is 10.3 Å². The van der Waals surface area contributed by atoms with E-state index in [9.17, 15) is 22.8 Å². The molecule has 1 saturated heterocycles. The van der Waals surface area contributed by atoms with Crippen molar-refractivity contribution >= 4 is 17.5 Å². The van der Waals surface area contributed by atoms with Crippen LogP contribution in [0.4, 0.5) is 18.9 Å². The van der Waals surface area contributed by atoms with Crippen LogP contribution in [0.3, 0.4) is 0 Å². The molecular weight excluding hydrogens is 363 g/mol. The minimum Gasteiger partial charge on any atom is -0.494 e. The van der Waals surface area contributed by atoms with E-state index in [0.717, 1.165) is 13.3 Å². The summed E-state index contributed by atoms with van der Waals surface area (Å²) in [6.45, 7) is 1.61. The van der Waals surface area contributed by atoms with Gasteiger partial charge in [0.2, 0.25) is 11.8 Å². The predicted octanol–water partition coefficient (Wildman–Crippen LogP) is 2.55. The van der Waals surface area contributed by atoms with Gasteiger partial charge < -0.3 is 15.0 Å². The Labute approximate surface area is 152 Å². The number of nitrogens with one attached hydrogen (secondary N) is 1. The number of hydrogen-bond acceptors (Lipinski definition) is 4. The Hall–Kier alpha value is -3.10. The lowest BCUT2D eigenvalue weighted by atomic mass is 10.0. The van der Waals surface area contributed by atoms with Gasteiger partial charge in [0.05, 0.1) is 13.7 Å². The molecule has 1 aliphatic rings. The van der Waals surface area contributed by atoms with Crippen LogP contribution in [0.25, 0.3) is 11.1 Å². The van der Waals surface area contributed by atoms with Crippen molar-refractivity contribution in [2.75, 3.05) is 25.1 Å². The molecule has 142 valence electrons. The SMILES string of the molecule is COc1cc(-c2ccc(N3CC(=O)NCC3=O)c(C)c2)cnc1C(F)(F)F. The Morgan fingerprint density at radius 2 is 1.93 bits per heavy atom. The van der Waals surface area contributed by atoms with Crippen molar-refractivity contribution in [1.29, 1.82) is 0 Å². The molecule has 0 aliphatic carbocycles. The lowest BCUT2D eigenvalue weighted by Gasteiger charge is -2.28. The first-order chi connectivity index (χ1) is 12.7. The van der Waals surface area contributed by atoms with Crippen LogP contribution in [0.15, 0.2) is 30.5 Å². The summed E-state index contributed by atoms with van der Waals surface area (Å²) < 4.78 is 43.7. The highest BCUT2D eigenvalue weighted by atomic mass is 19.4. The van der Waals surface area contributed by atoms with Gasteiger partial charge in [-0.05, 0) is 36.2 Å². The third kappa shape index (κ3) is 3.71. The number of aromatic nitrogens is 1.